The SMILES string of the molecule is CNC(CC1CCCN(S(C)(=O)=O)C1)c1ccc(Br)cn1. The highest BCUT2D eigenvalue weighted by atomic mass is 79.9. The second-order valence-electron chi connectivity index (χ2n) is 5.61. The van der Waals surface area contributed by atoms with E-state index in [-0.39, 0.29) is 6.04 Å². The van der Waals surface area contributed by atoms with Gasteiger partial charge in [0, 0.05) is 29.8 Å². The fourth-order valence-electron chi connectivity index (χ4n) is 2.83. The molecule has 0 radical (unpaired) electrons. The van der Waals surface area contributed by atoms with Crippen molar-refractivity contribution in [1.82, 2.24) is 14.6 Å². The van der Waals surface area contributed by atoms with Crippen LogP contribution in [0.1, 0.15) is 31.0 Å². The quantitative estimate of drug-likeness (QED) is 0.856. The molecule has 1 fully saturated rings. The molecule has 0 amide bonds. The summed E-state index contributed by atoms with van der Waals surface area (Å²) in [7, 11) is -1.16. The maximum absolute atomic E-state index is 11.7. The molecule has 1 saturated heterocycles. The maximum atomic E-state index is 11.7. The number of hydrogen-bond donors (Lipinski definition) is 1. The zero-order chi connectivity index (χ0) is 15.5. The minimum absolute atomic E-state index is 0.155. The van der Waals surface area contributed by atoms with Crippen LogP contribution in [0.2, 0.25) is 0 Å². The van der Waals surface area contributed by atoms with E-state index in [4.69, 9.17) is 0 Å². The van der Waals surface area contributed by atoms with Gasteiger partial charge in [0.2, 0.25) is 10.0 Å². The van der Waals surface area contributed by atoms with Gasteiger partial charge in [-0.3, -0.25) is 4.98 Å². The summed E-state index contributed by atoms with van der Waals surface area (Å²) in [6.07, 6.45) is 5.99. The standard InChI is InChI=1S/C14H22BrN3O2S/c1-16-14(13-6-5-12(15)9-17-13)8-11-4-3-7-18(10-11)21(2,19)20/h5-6,9,11,14,16H,3-4,7-8,10H2,1-2H3. The molecule has 1 N–H and O–H groups in total. The topological polar surface area (TPSA) is 62.3 Å². The van der Waals surface area contributed by atoms with Gasteiger partial charge < -0.3 is 5.32 Å². The van der Waals surface area contributed by atoms with Crippen LogP contribution < -0.4 is 5.32 Å². The van der Waals surface area contributed by atoms with Crippen LogP contribution in [-0.2, 0) is 10.0 Å². The smallest absolute Gasteiger partial charge is 0.211 e. The molecule has 21 heavy (non-hydrogen) atoms. The van der Waals surface area contributed by atoms with Gasteiger partial charge in [0.1, 0.15) is 0 Å². The van der Waals surface area contributed by atoms with Crippen molar-refractivity contribution in [3.8, 4) is 0 Å². The van der Waals surface area contributed by atoms with E-state index in [1.165, 1.54) is 6.26 Å². The molecule has 2 unspecified atom stereocenters. The van der Waals surface area contributed by atoms with E-state index in [1.54, 1.807) is 10.5 Å². The van der Waals surface area contributed by atoms with Crippen molar-refractivity contribution in [2.24, 2.45) is 5.92 Å². The number of hydrogen-bond acceptors (Lipinski definition) is 4. The Bertz CT molecular complexity index is 562. The molecule has 1 aliphatic rings. The van der Waals surface area contributed by atoms with Crippen LogP contribution >= 0.6 is 15.9 Å². The summed E-state index contributed by atoms with van der Waals surface area (Å²) in [6, 6.07) is 4.14. The first-order valence-electron chi connectivity index (χ1n) is 7.14. The van der Waals surface area contributed by atoms with Gasteiger partial charge >= 0.3 is 0 Å². The van der Waals surface area contributed by atoms with Crippen LogP contribution in [0.15, 0.2) is 22.8 Å². The van der Waals surface area contributed by atoms with Crippen molar-refractivity contribution in [3.63, 3.8) is 0 Å². The highest BCUT2D eigenvalue weighted by Gasteiger charge is 2.28. The van der Waals surface area contributed by atoms with Crippen LogP contribution in [-0.4, -0.2) is 44.1 Å². The lowest BCUT2D eigenvalue weighted by atomic mass is 9.91. The highest BCUT2D eigenvalue weighted by molar-refractivity contribution is 9.10. The number of nitrogens with one attached hydrogen (secondary N) is 1. The van der Waals surface area contributed by atoms with Gasteiger partial charge in [-0.25, -0.2) is 12.7 Å². The fraction of sp³-hybridized carbons (Fsp3) is 0.643. The lowest BCUT2D eigenvalue weighted by Crippen LogP contribution is -2.40. The summed E-state index contributed by atoms with van der Waals surface area (Å²) in [5, 5.41) is 3.29. The Morgan fingerprint density at radius 3 is 2.86 bits per heavy atom. The van der Waals surface area contributed by atoms with Crippen molar-refractivity contribution < 1.29 is 8.42 Å². The molecule has 7 heteroatoms. The van der Waals surface area contributed by atoms with E-state index in [1.807, 2.05) is 19.2 Å². The lowest BCUT2D eigenvalue weighted by Gasteiger charge is -2.32. The first kappa shape index (κ1) is 16.9. The summed E-state index contributed by atoms with van der Waals surface area (Å²) in [5.74, 6) is 0.372. The summed E-state index contributed by atoms with van der Waals surface area (Å²) in [4.78, 5) is 4.44. The molecule has 2 atom stereocenters. The number of aromatic nitrogens is 1. The van der Waals surface area contributed by atoms with Crippen LogP contribution in [0.4, 0.5) is 0 Å². The maximum Gasteiger partial charge on any atom is 0.211 e. The Hall–Kier alpha value is -0.500. The summed E-state index contributed by atoms with van der Waals surface area (Å²) >= 11 is 3.39. The minimum atomic E-state index is -3.08. The van der Waals surface area contributed by atoms with Gasteiger partial charge in [-0.05, 0) is 60.3 Å². The predicted molar refractivity (Wildman–Crippen MR) is 87.5 cm³/mol. The molecule has 0 aromatic carbocycles. The van der Waals surface area contributed by atoms with E-state index >= 15 is 0 Å². The van der Waals surface area contributed by atoms with Crippen molar-refractivity contribution in [3.05, 3.63) is 28.5 Å². The number of pyridine rings is 1. The number of rotatable bonds is 5. The largest absolute Gasteiger partial charge is 0.312 e. The first-order valence-corrected chi connectivity index (χ1v) is 9.78. The lowest BCUT2D eigenvalue weighted by molar-refractivity contribution is 0.239. The first-order chi connectivity index (χ1) is 9.90. The Morgan fingerprint density at radius 2 is 2.29 bits per heavy atom. The van der Waals surface area contributed by atoms with Crippen molar-refractivity contribution in [2.45, 2.75) is 25.3 Å². The molecule has 0 bridgehead atoms. The molecular formula is C14H22BrN3O2S. The van der Waals surface area contributed by atoms with Gasteiger partial charge in [-0.1, -0.05) is 0 Å². The Balaban J connectivity index is 2.03. The predicted octanol–water partition coefficient (Wildman–Crippen LogP) is 2.17. The summed E-state index contributed by atoms with van der Waals surface area (Å²) in [5.41, 5.74) is 0.997. The van der Waals surface area contributed by atoms with Gasteiger partial charge in [0.15, 0.2) is 0 Å². The zero-order valence-electron chi connectivity index (χ0n) is 12.4. The minimum Gasteiger partial charge on any atom is -0.312 e. The molecule has 1 aromatic rings. The summed E-state index contributed by atoms with van der Waals surface area (Å²) in [6.45, 7) is 1.27. The monoisotopic (exact) mass is 375 g/mol. The second-order valence-corrected chi connectivity index (χ2v) is 8.51. The van der Waals surface area contributed by atoms with Crippen molar-refractivity contribution in [1.29, 1.82) is 0 Å². The zero-order valence-corrected chi connectivity index (χ0v) is 14.8. The van der Waals surface area contributed by atoms with Crippen LogP contribution in [0.5, 0.6) is 0 Å². The molecule has 2 heterocycles. The van der Waals surface area contributed by atoms with Crippen LogP contribution in [0, 0.1) is 5.92 Å². The number of nitrogens with zero attached hydrogens (tertiary/aromatic N) is 2. The Labute approximate surface area is 135 Å². The van der Waals surface area contributed by atoms with Crippen LogP contribution in [0.25, 0.3) is 0 Å². The normalized spacial score (nSPS) is 22.1. The number of halogens is 1. The molecule has 0 spiro atoms. The molecule has 2 rings (SSSR count). The van der Waals surface area contributed by atoms with Crippen molar-refractivity contribution in [2.75, 3.05) is 26.4 Å². The van der Waals surface area contributed by atoms with Gasteiger partial charge in [0.05, 0.1) is 11.9 Å². The van der Waals surface area contributed by atoms with E-state index in [0.29, 0.717) is 19.0 Å². The van der Waals surface area contributed by atoms with Gasteiger partial charge in [-0.2, -0.15) is 0 Å². The molecule has 1 aromatic heterocycles. The molecule has 0 aliphatic carbocycles. The Morgan fingerprint density at radius 1 is 1.52 bits per heavy atom. The average molecular weight is 376 g/mol. The fourth-order valence-corrected chi connectivity index (χ4v) is 4.01. The number of piperidine rings is 1. The highest BCUT2D eigenvalue weighted by Crippen LogP contribution is 2.28. The molecule has 0 saturated carbocycles. The number of sulfonamides is 1. The summed E-state index contributed by atoms with van der Waals surface area (Å²) < 4.78 is 25.9. The van der Waals surface area contributed by atoms with Gasteiger partial charge in [0.25, 0.3) is 0 Å². The van der Waals surface area contributed by atoms with E-state index in [9.17, 15) is 8.42 Å². The molecule has 118 valence electrons. The second kappa shape index (κ2) is 7.17. The third kappa shape index (κ3) is 4.74. The van der Waals surface area contributed by atoms with E-state index in [0.717, 1.165) is 29.4 Å². The third-order valence-electron chi connectivity index (χ3n) is 3.98. The van der Waals surface area contributed by atoms with E-state index in [2.05, 4.69) is 26.2 Å². The van der Waals surface area contributed by atoms with E-state index < -0.39 is 10.0 Å². The van der Waals surface area contributed by atoms with Gasteiger partial charge in [-0.15, -0.1) is 0 Å². The van der Waals surface area contributed by atoms with Crippen LogP contribution in [0.3, 0.4) is 0 Å². The molecular weight excluding hydrogens is 354 g/mol. The molecule has 1 aliphatic heterocycles. The average Bonchev–Trinajstić information content (AvgIpc) is 2.45. The molecule has 5 nitrogen and oxygen atoms in total. The Kier molecular flexibility index (Phi) is 5.76. The third-order valence-corrected chi connectivity index (χ3v) is 5.71. The van der Waals surface area contributed by atoms with Crippen molar-refractivity contribution >= 4 is 26.0 Å².